The third-order valence-electron chi connectivity index (χ3n) is 3.07. The molecule has 0 spiro atoms. The third-order valence-corrected chi connectivity index (χ3v) is 4.00. The summed E-state index contributed by atoms with van der Waals surface area (Å²) < 4.78 is 13.1. The largest absolute Gasteiger partial charge is 0.271 e. The molecule has 18 heavy (non-hydrogen) atoms. The molecule has 1 aromatic carbocycles. The van der Waals surface area contributed by atoms with Crippen molar-refractivity contribution in [2.75, 3.05) is 0 Å². The van der Waals surface area contributed by atoms with Crippen LogP contribution in [0.25, 0.3) is 0 Å². The Morgan fingerprint density at radius 1 is 1.39 bits per heavy atom. The molecular weight excluding hydrogens is 247 g/mol. The van der Waals surface area contributed by atoms with Crippen LogP contribution < -0.4 is 11.3 Å². The van der Waals surface area contributed by atoms with E-state index in [9.17, 15) is 4.39 Å². The van der Waals surface area contributed by atoms with Gasteiger partial charge in [0.1, 0.15) is 5.82 Å². The van der Waals surface area contributed by atoms with E-state index in [0.29, 0.717) is 0 Å². The molecule has 1 atom stereocenters. The Labute approximate surface area is 111 Å². The molecule has 0 amide bonds. The van der Waals surface area contributed by atoms with E-state index in [1.165, 1.54) is 10.9 Å². The van der Waals surface area contributed by atoms with E-state index >= 15 is 0 Å². The maximum atomic E-state index is 13.1. The minimum atomic E-state index is -0.203. The lowest BCUT2D eigenvalue weighted by Crippen LogP contribution is -2.29. The molecule has 1 aromatic heterocycles. The van der Waals surface area contributed by atoms with Crippen molar-refractivity contribution in [3.05, 3.63) is 57.5 Å². The molecular formula is C14H17FN2S. The van der Waals surface area contributed by atoms with Crippen LogP contribution in [-0.2, 0) is 6.42 Å². The van der Waals surface area contributed by atoms with Gasteiger partial charge in [-0.1, -0.05) is 12.1 Å². The lowest BCUT2D eigenvalue weighted by Gasteiger charge is -2.18. The lowest BCUT2D eigenvalue weighted by atomic mass is 9.97. The predicted octanol–water partition coefficient (Wildman–Crippen LogP) is 3.33. The van der Waals surface area contributed by atoms with Gasteiger partial charge in [0.05, 0.1) is 0 Å². The Morgan fingerprint density at radius 2 is 2.22 bits per heavy atom. The summed E-state index contributed by atoms with van der Waals surface area (Å²) in [6.45, 7) is 1.91. The van der Waals surface area contributed by atoms with Crippen molar-refractivity contribution in [1.82, 2.24) is 5.43 Å². The highest BCUT2D eigenvalue weighted by atomic mass is 32.1. The Bertz CT molecular complexity index is 497. The second kappa shape index (κ2) is 6.09. The second-order valence-electron chi connectivity index (χ2n) is 4.34. The van der Waals surface area contributed by atoms with Crippen LogP contribution in [0.5, 0.6) is 0 Å². The van der Waals surface area contributed by atoms with E-state index in [4.69, 9.17) is 5.84 Å². The Hall–Kier alpha value is -1.23. The van der Waals surface area contributed by atoms with Gasteiger partial charge in [0.25, 0.3) is 0 Å². The van der Waals surface area contributed by atoms with E-state index in [1.807, 2.05) is 19.1 Å². The molecule has 0 aliphatic rings. The first-order valence-corrected chi connectivity index (χ1v) is 6.83. The van der Waals surface area contributed by atoms with Crippen LogP contribution in [0, 0.1) is 12.7 Å². The first kappa shape index (κ1) is 13.2. The molecule has 0 aliphatic carbocycles. The smallest absolute Gasteiger partial charge is 0.123 e. The maximum absolute atomic E-state index is 13.1. The first-order valence-electron chi connectivity index (χ1n) is 5.95. The Balaban J connectivity index is 2.08. The van der Waals surface area contributed by atoms with Gasteiger partial charge in [-0.2, -0.15) is 0 Å². The van der Waals surface area contributed by atoms with Gasteiger partial charge < -0.3 is 0 Å². The van der Waals surface area contributed by atoms with Crippen molar-refractivity contribution in [2.24, 2.45) is 5.84 Å². The number of rotatable bonds is 5. The summed E-state index contributed by atoms with van der Waals surface area (Å²) in [5.41, 5.74) is 4.82. The number of hydrazine groups is 1. The Kier molecular flexibility index (Phi) is 4.47. The summed E-state index contributed by atoms with van der Waals surface area (Å²) in [5, 5.41) is 2.07. The summed E-state index contributed by atoms with van der Waals surface area (Å²) >= 11 is 1.75. The van der Waals surface area contributed by atoms with Gasteiger partial charge in [-0.15, -0.1) is 11.3 Å². The fraction of sp³-hybridized carbons (Fsp3) is 0.286. The molecule has 2 aromatic rings. The summed E-state index contributed by atoms with van der Waals surface area (Å²) in [6, 6.07) is 9.07. The SMILES string of the molecule is Cc1cc(F)ccc1C(CCc1cccs1)NN. The molecule has 0 saturated heterocycles. The molecule has 0 saturated carbocycles. The lowest BCUT2D eigenvalue weighted by molar-refractivity contribution is 0.514. The summed E-state index contributed by atoms with van der Waals surface area (Å²) in [7, 11) is 0. The van der Waals surface area contributed by atoms with Crippen molar-refractivity contribution in [1.29, 1.82) is 0 Å². The molecule has 0 fully saturated rings. The van der Waals surface area contributed by atoms with Crippen LogP contribution in [0.4, 0.5) is 4.39 Å². The summed E-state index contributed by atoms with van der Waals surface area (Å²) in [5.74, 6) is 5.41. The van der Waals surface area contributed by atoms with Crippen molar-refractivity contribution < 1.29 is 4.39 Å². The fourth-order valence-electron chi connectivity index (χ4n) is 2.10. The average molecular weight is 264 g/mol. The normalized spacial score (nSPS) is 12.6. The molecule has 4 heteroatoms. The monoisotopic (exact) mass is 264 g/mol. The van der Waals surface area contributed by atoms with Crippen LogP contribution in [0.2, 0.25) is 0 Å². The predicted molar refractivity (Wildman–Crippen MR) is 73.8 cm³/mol. The molecule has 1 heterocycles. The standard InChI is InChI=1S/C14H17FN2S/c1-10-9-11(15)4-6-13(10)14(17-16)7-5-12-3-2-8-18-12/h2-4,6,8-9,14,17H,5,7,16H2,1H3. The minimum Gasteiger partial charge on any atom is -0.271 e. The zero-order valence-corrected chi connectivity index (χ0v) is 11.1. The summed E-state index contributed by atoms with van der Waals surface area (Å²) in [4.78, 5) is 1.34. The first-order chi connectivity index (χ1) is 8.70. The highest BCUT2D eigenvalue weighted by Gasteiger charge is 2.13. The second-order valence-corrected chi connectivity index (χ2v) is 5.37. The molecule has 2 rings (SSSR count). The summed E-state index contributed by atoms with van der Waals surface area (Å²) in [6.07, 6.45) is 1.88. The molecule has 3 N–H and O–H groups in total. The number of halogens is 1. The number of hydrogen-bond acceptors (Lipinski definition) is 3. The molecule has 1 unspecified atom stereocenters. The molecule has 0 radical (unpaired) electrons. The fourth-order valence-corrected chi connectivity index (χ4v) is 2.82. The van der Waals surface area contributed by atoms with Crippen molar-refractivity contribution in [2.45, 2.75) is 25.8 Å². The van der Waals surface area contributed by atoms with Crippen LogP contribution in [0.3, 0.4) is 0 Å². The number of nitrogens with two attached hydrogens (primary N) is 1. The van der Waals surface area contributed by atoms with Crippen LogP contribution in [0.15, 0.2) is 35.7 Å². The van der Waals surface area contributed by atoms with Gasteiger partial charge in [-0.05, 0) is 54.5 Å². The van der Waals surface area contributed by atoms with E-state index < -0.39 is 0 Å². The van der Waals surface area contributed by atoms with Crippen molar-refractivity contribution in [3.63, 3.8) is 0 Å². The molecule has 0 aliphatic heterocycles. The van der Waals surface area contributed by atoms with Crippen molar-refractivity contribution >= 4 is 11.3 Å². The molecule has 96 valence electrons. The number of aryl methyl sites for hydroxylation is 2. The van der Waals surface area contributed by atoms with Gasteiger partial charge >= 0.3 is 0 Å². The Morgan fingerprint density at radius 3 is 2.83 bits per heavy atom. The third kappa shape index (κ3) is 3.16. The number of benzene rings is 1. The number of hydrogen-bond donors (Lipinski definition) is 2. The van der Waals surface area contributed by atoms with Gasteiger partial charge in [0, 0.05) is 10.9 Å². The van der Waals surface area contributed by atoms with E-state index in [-0.39, 0.29) is 11.9 Å². The average Bonchev–Trinajstić information content (AvgIpc) is 2.85. The highest BCUT2D eigenvalue weighted by molar-refractivity contribution is 7.09. The van der Waals surface area contributed by atoms with Gasteiger partial charge in [0.15, 0.2) is 0 Å². The quantitative estimate of drug-likeness (QED) is 0.642. The van der Waals surface area contributed by atoms with Gasteiger partial charge in [-0.3, -0.25) is 11.3 Å². The van der Waals surface area contributed by atoms with Crippen LogP contribution >= 0.6 is 11.3 Å². The zero-order chi connectivity index (χ0) is 13.0. The van der Waals surface area contributed by atoms with Gasteiger partial charge in [0.2, 0.25) is 0 Å². The van der Waals surface area contributed by atoms with Crippen molar-refractivity contribution in [3.8, 4) is 0 Å². The maximum Gasteiger partial charge on any atom is 0.123 e. The topological polar surface area (TPSA) is 38.0 Å². The molecule has 2 nitrogen and oxygen atoms in total. The van der Waals surface area contributed by atoms with Gasteiger partial charge in [-0.25, -0.2) is 4.39 Å². The van der Waals surface area contributed by atoms with E-state index in [2.05, 4.69) is 16.9 Å². The number of nitrogens with one attached hydrogen (secondary N) is 1. The van der Waals surface area contributed by atoms with Crippen LogP contribution in [-0.4, -0.2) is 0 Å². The van der Waals surface area contributed by atoms with Crippen LogP contribution in [0.1, 0.15) is 28.5 Å². The van der Waals surface area contributed by atoms with E-state index in [1.54, 1.807) is 17.4 Å². The number of thiophene rings is 1. The zero-order valence-electron chi connectivity index (χ0n) is 10.3. The molecule has 0 bridgehead atoms. The highest BCUT2D eigenvalue weighted by Crippen LogP contribution is 2.23. The van der Waals surface area contributed by atoms with E-state index in [0.717, 1.165) is 24.0 Å². The minimum absolute atomic E-state index is 0.0627.